The molecule has 0 spiro atoms. The number of carbonyl (C=O) groups is 1. The predicted octanol–water partition coefficient (Wildman–Crippen LogP) is 0.958. The van der Waals surface area contributed by atoms with Gasteiger partial charge in [-0.15, -0.1) is 0 Å². The summed E-state index contributed by atoms with van der Waals surface area (Å²) in [4.78, 5) is 24.5. The Morgan fingerprint density at radius 3 is 2.68 bits per heavy atom. The summed E-state index contributed by atoms with van der Waals surface area (Å²) < 4.78 is 0. The van der Waals surface area contributed by atoms with E-state index in [-0.39, 0.29) is 24.1 Å². The maximum Gasteiger partial charge on any atom is 0.273 e. The number of para-hydroxylation sites is 1. The monoisotopic (exact) mass is 263 g/mol. The highest BCUT2D eigenvalue weighted by atomic mass is 16.6. The van der Waals surface area contributed by atoms with Crippen LogP contribution in [0.4, 0.5) is 5.69 Å². The number of nitrogens with one attached hydrogen (secondary N) is 1. The average molecular weight is 263 g/mol. The van der Waals surface area contributed by atoms with Gasteiger partial charge in [-0.1, -0.05) is 18.2 Å². The van der Waals surface area contributed by atoms with Crippen LogP contribution in [-0.2, 0) is 11.2 Å². The molecule has 1 aromatic carbocycles. The van der Waals surface area contributed by atoms with Crippen LogP contribution in [0.25, 0.3) is 0 Å². The summed E-state index contributed by atoms with van der Waals surface area (Å²) in [6, 6.07) is 6.63. The number of nitro groups is 1. The SMILES string of the molecule is CCN(C(=O)Cc1ccccc1[N+](=O)[O-])C1CNC1. The molecule has 2 rings (SSSR count). The van der Waals surface area contributed by atoms with Crippen LogP contribution in [0.15, 0.2) is 24.3 Å². The van der Waals surface area contributed by atoms with Gasteiger partial charge in [0.25, 0.3) is 5.69 Å². The smallest absolute Gasteiger partial charge is 0.273 e. The molecule has 1 aliphatic rings. The fourth-order valence-corrected chi connectivity index (χ4v) is 2.23. The molecule has 19 heavy (non-hydrogen) atoms. The lowest BCUT2D eigenvalue weighted by Crippen LogP contribution is -2.59. The highest BCUT2D eigenvalue weighted by Gasteiger charge is 2.28. The second kappa shape index (κ2) is 5.79. The van der Waals surface area contributed by atoms with E-state index in [1.165, 1.54) is 6.07 Å². The van der Waals surface area contributed by atoms with Crippen molar-refractivity contribution >= 4 is 11.6 Å². The van der Waals surface area contributed by atoms with Gasteiger partial charge in [0.2, 0.25) is 5.91 Å². The van der Waals surface area contributed by atoms with Crippen molar-refractivity contribution in [3.8, 4) is 0 Å². The number of benzene rings is 1. The number of hydrogen-bond donors (Lipinski definition) is 1. The summed E-state index contributed by atoms with van der Waals surface area (Å²) in [7, 11) is 0. The molecule has 6 heteroatoms. The second-order valence-corrected chi connectivity index (χ2v) is 4.55. The summed E-state index contributed by atoms with van der Waals surface area (Å²) in [5.41, 5.74) is 0.488. The van der Waals surface area contributed by atoms with Gasteiger partial charge in [0.05, 0.1) is 17.4 Å². The van der Waals surface area contributed by atoms with E-state index < -0.39 is 4.92 Å². The largest absolute Gasteiger partial charge is 0.337 e. The molecule has 102 valence electrons. The number of rotatable bonds is 5. The Kier molecular flexibility index (Phi) is 4.11. The number of likely N-dealkylation sites (N-methyl/N-ethyl adjacent to an activating group) is 1. The molecule has 1 heterocycles. The topological polar surface area (TPSA) is 75.5 Å². The minimum Gasteiger partial charge on any atom is -0.337 e. The number of nitrogens with zero attached hydrogens (tertiary/aromatic N) is 2. The number of hydrogen-bond acceptors (Lipinski definition) is 4. The van der Waals surface area contributed by atoms with E-state index >= 15 is 0 Å². The van der Waals surface area contributed by atoms with Gasteiger partial charge in [-0.2, -0.15) is 0 Å². The first kappa shape index (κ1) is 13.5. The lowest BCUT2D eigenvalue weighted by molar-refractivity contribution is -0.385. The summed E-state index contributed by atoms with van der Waals surface area (Å²) in [5, 5.41) is 14.0. The maximum absolute atomic E-state index is 12.2. The molecule has 6 nitrogen and oxygen atoms in total. The summed E-state index contributed by atoms with van der Waals surface area (Å²) in [6.07, 6.45) is 0.0848. The molecule has 0 radical (unpaired) electrons. The summed E-state index contributed by atoms with van der Waals surface area (Å²) in [6.45, 7) is 4.16. The number of nitro benzene ring substituents is 1. The Balaban J connectivity index is 2.11. The van der Waals surface area contributed by atoms with Crippen LogP contribution in [0.3, 0.4) is 0 Å². The average Bonchev–Trinajstić information content (AvgIpc) is 2.33. The fraction of sp³-hybridized carbons (Fsp3) is 0.462. The van der Waals surface area contributed by atoms with Gasteiger partial charge in [-0.05, 0) is 6.92 Å². The van der Waals surface area contributed by atoms with Gasteiger partial charge >= 0.3 is 0 Å². The van der Waals surface area contributed by atoms with Crippen molar-refractivity contribution in [3.05, 3.63) is 39.9 Å². The molecule has 0 aromatic heterocycles. The second-order valence-electron chi connectivity index (χ2n) is 4.55. The van der Waals surface area contributed by atoms with E-state index in [0.29, 0.717) is 12.1 Å². The molecule has 0 bridgehead atoms. The normalized spacial score (nSPS) is 14.8. The van der Waals surface area contributed by atoms with E-state index in [2.05, 4.69) is 5.32 Å². The molecule has 1 fully saturated rings. The van der Waals surface area contributed by atoms with E-state index in [0.717, 1.165) is 13.1 Å². The van der Waals surface area contributed by atoms with Crippen LogP contribution in [0.2, 0.25) is 0 Å². The quantitative estimate of drug-likeness (QED) is 0.634. The van der Waals surface area contributed by atoms with E-state index in [4.69, 9.17) is 0 Å². The first-order valence-corrected chi connectivity index (χ1v) is 6.36. The van der Waals surface area contributed by atoms with Crippen LogP contribution in [0.1, 0.15) is 12.5 Å². The van der Waals surface area contributed by atoms with Gasteiger partial charge in [0.1, 0.15) is 0 Å². The molecule has 1 saturated heterocycles. The van der Waals surface area contributed by atoms with Gasteiger partial charge in [-0.3, -0.25) is 14.9 Å². The Hall–Kier alpha value is -1.95. The predicted molar refractivity (Wildman–Crippen MR) is 70.8 cm³/mol. The van der Waals surface area contributed by atoms with Crippen molar-refractivity contribution in [1.82, 2.24) is 10.2 Å². The van der Waals surface area contributed by atoms with Gasteiger partial charge in [-0.25, -0.2) is 0 Å². The zero-order valence-electron chi connectivity index (χ0n) is 10.8. The number of carbonyl (C=O) groups excluding carboxylic acids is 1. The zero-order chi connectivity index (χ0) is 13.8. The summed E-state index contributed by atoms with van der Waals surface area (Å²) in [5.74, 6) is -0.0525. The molecule has 0 unspecified atom stereocenters. The molecule has 1 aromatic rings. The van der Waals surface area contributed by atoms with Crippen molar-refractivity contribution in [1.29, 1.82) is 0 Å². The van der Waals surface area contributed by atoms with Gasteiger partial charge in [0, 0.05) is 31.3 Å². The van der Waals surface area contributed by atoms with Crippen LogP contribution in [0, 0.1) is 10.1 Å². The Morgan fingerprint density at radius 2 is 2.16 bits per heavy atom. The van der Waals surface area contributed by atoms with Crippen LogP contribution < -0.4 is 5.32 Å². The van der Waals surface area contributed by atoms with Gasteiger partial charge in [0.15, 0.2) is 0 Å². The van der Waals surface area contributed by atoms with Crippen molar-refractivity contribution in [2.75, 3.05) is 19.6 Å². The van der Waals surface area contributed by atoms with Crippen molar-refractivity contribution < 1.29 is 9.72 Å². The zero-order valence-corrected chi connectivity index (χ0v) is 10.8. The standard InChI is InChI=1S/C13H17N3O3/c1-2-15(11-8-14-9-11)13(17)7-10-5-3-4-6-12(10)16(18)19/h3-6,11,14H,2,7-9H2,1H3. The molecular weight excluding hydrogens is 246 g/mol. The van der Waals surface area contributed by atoms with Crippen LogP contribution in [0.5, 0.6) is 0 Å². The van der Waals surface area contributed by atoms with Gasteiger partial charge < -0.3 is 10.2 Å². The Bertz CT molecular complexity index is 486. The third kappa shape index (κ3) is 2.90. The first-order chi connectivity index (χ1) is 9.13. The van der Waals surface area contributed by atoms with Crippen molar-refractivity contribution in [2.24, 2.45) is 0 Å². The highest BCUT2D eigenvalue weighted by Crippen LogP contribution is 2.19. The van der Waals surface area contributed by atoms with E-state index in [9.17, 15) is 14.9 Å². The molecule has 1 amide bonds. The molecule has 1 N–H and O–H groups in total. The molecule has 0 saturated carbocycles. The lowest BCUT2D eigenvalue weighted by Gasteiger charge is -2.37. The third-order valence-electron chi connectivity index (χ3n) is 3.39. The maximum atomic E-state index is 12.2. The Morgan fingerprint density at radius 1 is 1.47 bits per heavy atom. The van der Waals surface area contributed by atoms with E-state index in [1.54, 1.807) is 23.1 Å². The number of amides is 1. The third-order valence-corrected chi connectivity index (χ3v) is 3.39. The molecule has 0 atom stereocenters. The molecular formula is C13H17N3O3. The summed E-state index contributed by atoms with van der Waals surface area (Å²) >= 11 is 0. The molecule has 0 aliphatic carbocycles. The van der Waals surface area contributed by atoms with E-state index in [1.807, 2.05) is 6.92 Å². The minimum absolute atomic E-state index is 0.0126. The van der Waals surface area contributed by atoms with Crippen molar-refractivity contribution in [2.45, 2.75) is 19.4 Å². The lowest BCUT2D eigenvalue weighted by atomic mass is 10.1. The molecule has 1 aliphatic heterocycles. The fourth-order valence-electron chi connectivity index (χ4n) is 2.23. The van der Waals surface area contributed by atoms with Crippen LogP contribution in [-0.4, -0.2) is 41.4 Å². The highest BCUT2D eigenvalue weighted by molar-refractivity contribution is 5.80. The Labute approximate surface area is 111 Å². The van der Waals surface area contributed by atoms with Crippen LogP contribution >= 0.6 is 0 Å². The minimum atomic E-state index is -0.441. The van der Waals surface area contributed by atoms with Crippen molar-refractivity contribution in [3.63, 3.8) is 0 Å². The first-order valence-electron chi connectivity index (χ1n) is 6.36.